The SMILES string of the molecule is CCOC(=O)Cc1nc2ccccc2n1Cc1ccccc1. The Hall–Kier alpha value is -2.62. The van der Waals surface area contributed by atoms with Crippen LogP contribution in [0.1, 0.15) is 18.3 Å². The van der Waals surface area contributed by atoms with Gasteiger partial charge in [-0.25, -0.2) is 4.98 Å². The van der Waals surface area contributed by atoms with Crippen LogP contribution in [0, 0.1) is 0 Å². The first-order valence-electron chi connectivity index (χ1n) is 7.41. The quantitative estimate of drug-likeness (QED) is 0.679. The van der Waals surface area contributed by atoms with Gasteiger partial charge in [-0.15, -0.1) is 0 Å². The minimum absolute atomic E-state index is 0.190. The van der Waals surface area contributed by atoms with Crippen LogP contribution in [0.4, 0.5) is 0 Å². The number of fused-ring (bicyclic) bond motifs is 1. The predicted molar refractivity (Wildman–Crippen MR) is 85.6 cm³/mol. The maximum Gasteiger partial charge on any atom is 0.313 e. The number of carbonyl (C=O) groups is 1. The van der Waals surface area contributed by atoms with Gasteiger partial charge in [-0.05, 0) is 24.6 Å². The van der Waals surface area contributed by atoms with Gasteiger partial charge in [-0.1, -0.05) is 42.5 Å². The molecule has 1 heterocycles. The van der Waals surface area contributed by atoms with Crippen LogP contribution in [0.5, 0.6) is 0 Å². The van der Waals surface area contributed by atoms with E-state index in [2.05, 4.69) is 21.7 Å². The number of ether oxygens (including phenoxy) is 1. The van der Waals surface area contributed by atoms with E-state index in [-0.39, 0.29) is 12.4 Å². The van der Waals surface area contributed by atoms with E-state index >= 15 is 0 Å². The van der Waals surface area contributed by atoms with Crippen LogP contribution in [-0.4, -0.2) is 22.1 Å². The van der Waals surface area contributed by atoms with Gasteiger partial charge < -0.3 is 9.30 Å². The number of aromatic nitrogens is 2. The Morgan fingerprint density at radius 3 is 2.59 bits per heavy atom. The number of benzene rings is 2. The maximum atomic E-state index is 11.8. The largest absolute Gasteiger partial charge is 0.466 e. The molecule has 0 N–H and O–H groups in total. The van der Waals surface area contributed by atoms with Crippen LogP contribution in [0.25, 0.3) is 11.0 Å². The van der Waals surface area contributed by atoms with Crippen LogP contribution >= 0.6 is 0 Å². The number of hydrogen-bond donors (Lipinski definition) is 0. The number of nitrogens with zero attached hydrogens (tertiary/aromatic N) is 2. The van der Waals surface area contributed by atoms with E-state index in [1.807, 2.05) is 49.4 Å². The van der Waals surface area contributed by atoms with E-state index in [4.69, 9.17) is 4.74 Å². The third-order valence-electron chi connectivity index (χ3n) is 3.52. The second-order valence-corrected chi connectivity index (χ2v) is 5.07. The zero-order chi connectivity index (χ0) is 15.4. The van der Waals surface area contributed by atoms with Gasteiger partial charge >= 0.3 is 5.97 Å². The Bertz CT molecular complexity index is 778. The summed E-state index contributed by atoms with van der Waals surface area (Å²) in [6.45, 7) is 2.89. The average Bonchev–Trinajstić information content (AvgIpc) is 2.86. The van der Waals surface area contributed by atoms with Crippen molar-refractivity contribution in [1.29, 1.82) is 0 Å². The van der Waals surface area contributed by atoms with E-state index in [9.17, 15) is 4.79 Å². The lowest BCUT2D eigenvalue weighted by Crippen LogP contribution is -2.13. The minimum Gasteiger partial charge on any atom is -0.466 e. The first kappa shape index (κ1) is 14.3. The molecule has 0 aliphatic heterocycles. The first-order valence-corrected chi connectivity index (χ1v) is 7.41. The summed E-state index contributed by atoms with van der Waals surface area (Å²) in [6.07, 6.45) is 0.190. The van der Waals surface area contributed by atoms with Gasteiger partial charge in [0.1, 0.15) is 12.2 Å². The van der Waals surface area contributed by atoms with Gasteiger partial charge in [-0.3, -0.25) is 4.79 Å². The number of hydrogen-bond acceptors (Lipinski definition) is 3. The second kappa shape index (κ2) is 6.43. The summed E-state index contributed by atoms with van der Waals surface area (Å²) in [6, 6.07) is 18.1. The molecule has 3 rings (SSSR count). The Morgan fingerprint density at radius 1 is 1.09 bits per heavy atom. The Labute approximate surface area is 129 Å². The maximum absolute atomic E-state index is 11.8. The molecule has 0 aliphatic rings. The molecule has 0 atom stereocenters. The number of carbonyl (C=O) groups excluding carboxylic acids is 1. The molecule has 0 fully saturated rings. The van der Waals surface area contributed by atoms with Gasteiger partial charge in [0.25, 0.3) is 0 Å². The summed E-state index contributed by atoms with van der Waals surface area (Å²) in [5, 5.41) is 0. The molecule has 0 radical (unpaired) electrons. The standard InChI is InChI=1S/C18H18N2O2/c1-2-22-18(21)12-17-19-15-10-6-7-11-16(15)20(17)13-14-8-4-3-5-9-14/h3-11H,2,12-13H2,1H3. The third kappa shape index (κ3) is 3.01. The van der Waals surface area contributed by atoms with Crippen LogP contribution in [0.3, 0.4) is 0 Å². The molecule has 0 spiro atoms. The van der Waals surface area contributed by atoms with E-state index in [0.717, 1.165) is 16.9 Å². The number of para-hydroxylation sites is 2. The van der Waals surface area contributed by atoms with Gasteiger partial charge in [0.2, 0.25) is 0 Å². The van der Waals surface area contributed by atoms with Crippen molar-refractivity contribution >= 4 is 17.0 Å². The summed E-state index contributed by atoms with van der Waals surface area (Å²) in [4.78, 5) is 16.4. The Balaban J connectivity index is 1.99. The summed E-state index contributed by atoms with van der Waals surface area (Å²) < 4.78 is 7.14. The molecular weight excluding hydrogens is 276 g/mol. The summed E-state index contributed by atoms with van der Waals surface area (Å²) in [7, 11) is 0. The van der Waals surface area contributed by atoms with Crippen LogP contribution in [-0.2, 0) is 22.5 Å². The number of esters is 1. The smallest absolute Gasteiger partial charge is 0.313 e. The molecule has 0 amide bonds. The predicted octanol–water partition coefficient (Wildman–Crippen LogP) is 3.19. The molecule has 22 heavy (non-hydrogen) atoms. The Morgan fingerprint density at radius 2 is 1.82 bits per heavy atom. The lowest BCUT2D eigenvalue weighted by Gasteiger charge is -2.09. The Kier molecular flexibility index (Phi) is 4.19. The van der Waals surface area contributed by atoms with Crippen molar-refractivity contribution in [2.75, 3.05) is 6.61 Å². The highest BCUT2D eigenvalue weighted by Crippen LogP contribution is 2.18. The molecule has 0 saturated heterocycles. The van der Waals surface area contributed by atoms with Crippen molar-refractivity contribution in [1.82, 2.24) is 9.55 Å². The summed E-state index contributed by atoms with van der Waals surface area (Å²) >= 11 is 0. The molecule has 1 aromatic heterocycles. The normalized spacial score (nSPS) is 10.8. The molecule has 0 bridgehead atoms. The van der Waals surface area contributed by atoms with Gasteiger partial charge in [-0.2, -0.15) is 0 Å². The highest BCUT2D eigenvalue weighted by Gasteiger charge is 2.14. The van der Waals surface area contributed by atoms with Crippen molar-refractivity contribution in [3.63, 3.8) is 0 Å². The molecule has 4 heteroatoms. The topological polar surface area (TPSA) is 44.1 Å². The molecule has 4 nitrogen and oxygen atoms in total. The molecule has 2 aromatic carbocycles. The van der Waals surface area contributed by atoms with Crippen molar-refractivity contribution < 1.29 is 9.53 Å². The van der Waals surface area contributed by atoms with Crippen molar-refractivity contribution in [2.24, 2.45) is 0 Å². The minimum atomic E-state index is -0.243. The highest BCUT2D eigenvalue weighted by molar-refractivity contribution is 5.78. The highest BCUT2D eigenvalue weighted by atomic mass is 16.5. The average molecular weight is 294 g/mol. The van der Waals surface area contributed by atoms with Gasteiger partial charge in [0, 0.05) is 6.54 Å². The monoisotopic (exact) mass is 294 g/mol. The summed E-state index contributed by atoms with van der Waals surface area (Å²) in [5.74, 6) is 0.496. The summed E-state index contributed by atoms with van der Waals surface area (Å²) in [5.41, 5.74) is 3.11. The zero-order valence-corrected chi connectivity index (χ0v) is 12.5. The molecule has 0 saturated carbocycles. The molecule has 3 aromatic rings. The first-order chi connectivity index (χ1) is 10.8. The van der Waals surface area contributed by atoms with E-state index in [1.54, 1.807) is 0 Å². The van der Waals surface area contributed by atoms with Crippen LogP contribution < -0.4 is 0 Å². The third-order valence-corrected chi connectivity index (χ3v) is 3.52. The van der Waals surface area contributed by atoms with Gasteiger partial charge in [0.05, 0.1) is 17.6 Å². The van der Waals surface area contributed by atoms with E-state index in [0.29, 0.717) is 13.2 Å². The van der Waals surface area contributed by atoms with Crippen molar-refractivity contribution in [3.8, 4) is 0 Å². The number of rotatable bonds is 5. The molecular formula is C18H18N2O2. The fourth-order valence-electron chi connectivity index (χ4n) is 2.54. The van der Waals surface area contributed by atoms with Crippen molar-refractivity contribution in [2.45, 2.75) is 19.9 Å². The van der Waals surface area contributed by atoms with Crippen molar-refractivity contribution in [3.05, 3.63) is 66.0 Å². The zero-order valence-electron chi connectivity index (χ0n) is 12.5. The molecule has 0 unspecified atom stereocenters. The van der Waals surface area contributed by atoms with Crippen LogP contribution in [0.2, 0.25) is 0 Å². The fraction of sp³-hybridized carbons (Fsp3) is 0.222. The fourth-order valence-corrected chi connectivity index (χ4v) is 2.54. The molecule has 112 valence electrons. The van der Waals surface area contributed by atoms with Gasteiger partial charge in [0.15, 0.2) is 0 Å². The second-order valence-electron chi connectivity index (χ2n) is 5.07. The lowest BCUT2D eigenvalue weighted by atomic mass is 10.2. The number of imidazole rings is 1. The molecule has 0 aliphatic carbocycles. The lowest BCUT2D eigenvalue weighted by molar-refractivity contribution is -0.142. The van der Waals surface area contributed by atoms with E-state index < -0.39 is 0 Å². The van der Waals surface area contributed by atoms with Crippen LogP contribution in [0.15, 0.2) is 54.6 Å². The van der Waals surface area contributed by atoms with E-state index in [1.165, 1.54) is 5.56 Å².